The van der Waals surface area contributed by atoms with E-state index in [-0.39, 0.29) is 17.9 Å². The maximum atomic E-state index is 13.1. The molecule has 0 spiro atoms. The van der Waals surface area contributed by atoms with Crippen LogP contribution in [0, 0.1) is 0 Å². The highest BCUT2D eigenvalue weighted by Gasteiger charge is 2.26. The van der Waals surface area contributed by atoms with E-state index in [1.807, 2.05) is 37.2 Å². The molecule has 0 bridgehead atoms. The first-order chi connectivity index (χ1) is 12.6. The Hall–Kier alpha value is -2.21. The van der Waals surface area contributed by atoms with E-state index in [2.05, 4.69) is 15.1 Å². The number of carbonyl (C=O) groups is 1. The van der Waals surface area contributed by atoms with Crippen molar-refractivity contribution in [1.82, 2.24) is 20.0 Å². The zero-order valence-electron chi connectivity index (χ0n) is 15.7. The number of nitrogens with zero attached hydrogens (tertiary/aromatic N) is 3. The van der Waals surface area contributed by atoms with E-state index < -0.39 is 0 Å². The van der Waals surface area contributed by atoms with Crippen LogP contribution in [0.3, 0.4) is 0 Å². The molecule has 0 atom stereocenters. The SMILES string of the molecule is CN(C)CCN(C(=O)Cc1n[nH]c(=O)c2ccccc12)C1CCCCC1. The Bertz CT molecular complexity index is 809. The van der Waals surface area contributed by atoms with E-state index >= 15 is 0 Å². The van der Waals surface area contributed by atoms with Crippen LogP contribution in [0.25, 0.3) is 10.8 Å². The second kappa shape index (κ2) is 8.45. The Morgan fingerprint density at radius 3 is 2.50 bits per heavy atom. The van der Waals surface area contributed by atoms with Crippen molar-refractivity contribution in [1.29, 1.82) is 0 Å². The molecule has 1 N–H and O–H groups in total. The van der Waals surface area contributed by atoms with Crippen LogP contribution in [0.5, 0.6) is 0 Å². The fourth-order valence-corrected chi connectivity index (χ4v) is 3.76. The average Bonchev–Trinajstić information content (AvgIpc) is 2.65. The van der Waals surface area contributed by atoms with Gasteiger partial charge in [0.05, 0.1) is 17.5 Å². The summed E-state index contributed by atoms with van der Waals surface area (Å²) in [5.41, 5.74) is 0.435. The fraction of sp³-hybridized carbons (Fsp3) is 0.550. The van der Waals surface area contributed by atoms with Gasteiger partial charge in [0.1, 0.15) is 0 Å². The number of rotatable bonds is 6. The molecule has 6 nitrogen and oxygen atoms in total. The summed E-state index contributed by atoms with van der Waals surface area (Å²) in [6.45, 7) is 1.58. The Labute approximate surface area is 154 Å². The smallest absolute Gasteiger partial charge is 0.272 e. The zero-order chi connectivity index (χ0) is 18.5. The predicted octanol–water partition coefficient (Wildman–Crippen LogP) is 2.19. The number of benzene rings is 1. The molecular formula is C20H28N4O2. The third-order valence-corrected chi connectivity index (χ3v) is 5.22. The molecule has 2 aromatic rings. The lowest BCUT2D eigenvalue weighted by Gasteiger charge is -2.35. The third-order valence-electron chi connectivity index (χ3n) is 5.22. The molecular weight excluding hydrogens is 328 g/mol. The molecule has 1 aromatic carbocycles. The summed E-state index contributed by atoms with van der Waals surface area (Å²) in [4.78, 5) is 29.2. The molecule has 140 valence electrons. The first-order valence-corrected chi connectivity index (χ1v) is 9.47. The molecule has 0 radical (unpaired) electrons. The van der Waals surface area contributed by atoms with Gasteiger partial charge < -0.3 is 9.80 Å². The minimum absolute atomic E-state index is 0.100. The van der Waals surface area contributed by atoms with E-state index in [1.165, 1.54) is 19.3 Å². The van der Waals surface area contributed by atoms with E-state index in [1.54, 1.807) is 6.07 Å². The molecule has 0 aliphatic heterocycles. The Kier molecular flexibility index (Phi) is 6.04. The molecule has 6 heteroatoms. The lowest BCUT2D eigenvalue weighted by atomic mass is 9.93. The standard InChI is InChI=1S/C20H28N4O2/c1-23(2)12-13-24(15-8-4-3-5-9-15)19(25)14-18-16-10-6-7-11-17(16)20(26)22-21-18/h6-7,10-11,15H,3-5,8-9,12-14H2,1-2H3,(H,22,26). The Morgan fingerprint density at radius 2 is 1.81 bits per heavy atom. The van der Waals surface area contributed by atoms with Crippen molar-refractivity contribution in [2.24, 2.45) is 0 Å². The maximum Gasteiger partial charge on any atom is 0.272 e. The van der Waals surface area contributed by atoms with Gasteiger partial charge in [0, 0.05) is 24.5 Å². The van der Waals surface area contributed by atoms with Gasteiger partial charge in [-0.25, -0.2) is 5.10 Å². The molecule has 0 saturated heterocycles. The lowest BCUT2D eigenvalue weighted by molar-refractivity contribution is -0.133. The second-order valence-corrected chi connectivity index (χ2v) is 7.40. The Morgan fingerprint density at radius 1 is 1.12 bits per heavy atom. The summed E-state index contributed by atoms with van der Waals surface area (Å²) in [6, 6.07) is 7.67. The van der Waals surface area contributed by atoms with Gasteiger partial charge in [-0.3, -0.25) is 9.59 Å². The summed E-state index contributed by atoms with van der Waals surface area (Å²) < 4.78 is 0. The first kappa shape index (κ1) is 18.6. The predicted molar refractivity (Wildman–Crippen MR) is 103 cm³/mol. The van der Waals surface area contributed by atoms with Gasteiger partial charge in [0.25, 0.3) is 5.56 Å². The number of hydrogen-bond donors (Lipinski definition) is 1. The highest BCUT2D eigenvalue weighted by molar-refractivity contribution is 5.88. The van der Waals surface area contributed by atoms with E-state index in [0.717, 1.165) is 31.3 Å². The van der Waals surface area contributed by atoms with Gasteiger partial charge in [-0.2, -0.15) is 5.10 Å². The number of likely N-dealkylation sites (N-methyl/N-ethyl adjacent to an activating group) is 1. The van der Waals surface area contributed by atoms with Crippen molar-refractivity contribution in [2.45, 2.75) is 44.6 Å². The van der Waals surface area contributed by atoms with Crippen LogP contribution in [0.2, 0.25) is 0 Å². The number of aromatic amines is 1. The molecule has 1 fully saturated rings. The zero-order valence-corrected chi connectivity index (χ0v) is 15.7. The number of H-pyrrole nitrogens is 1. The summed E-state index contributed by atoms with van der Waals surface area (Å²) in [6.07, 6.45) is 6.03. The average molecular weight is 356 g/mol. The van der Waals surface area contributed by atoms with Gasteiger partial charge >= 0.3 is 0 Å². The number of hydrogen-bond acceptors (Lipinski definition) is 4. The van der Waals surface area contributed by atoms with Gasteiger partial charge in [-0.05, 0) is 33.0 Å². The minimum Gasteiger partial charge on any atom is -0.338 e. The van der Waals surface area contributed by atoms with Crippen molar-refractivity contribution in [3.63, 3.8) is 0 Å². The summed E-state index contributed by atoms with van der Waals surface area (Å²) in [5.74, 6) is 0.100. The van der Waals surface area contributed by atoms with Crippen LogP contribution in [-0.4, -0.2) is 59.1 Å². The van der Waals surface area contributed by atoms with Crippen molar-refractivity contribution in [2.75, 3.05) is 27.2 Å². The van der Waals surface area contributed by atoms with Crippen LogP contribution in [0.4, 0.5) is 0 Å². The molecule has 1 aromatic heterocycles. The van der Waals surface area contributed by atoms with Gasteiger partial charge in [0.2, 0.25) is 5.91 Å². The normalized spacial score (nSPS) is 15.5. The molecule has 1 aliphatic carbocycles. The highest BCUT2D eigenvalue weighted by atomic mass is 16.2. The molecule has 26 heavy (non-hydrogen) atoms. The fourth-order valence-electron chi connectivity index (χ4n) is 3.76. The van der Waals surface area contributed by atoms with Crippen molar-refractivity contribution < 1.29 is 4.79 Å². The van der Waals surface area contributed by atoms with Crippen molar-refractivity contribution in [3.05, 3.63) is 40.3 Å². The topological polar surface area (TPSA) is 69.3 Å². The maximum absolute atomic E-state index is 13.1. The number of fused-ring (bicyclic) bond motifs is 1. The monoisotopic (exact) mass is 356 g/mol. The number of aromatic nitrogens is 2. The second-order valence-electron chi connectivity index (χ2n) is 7.40. The molecule has 0 unspecified atom stereocenters. The highest BCUT2D eigenvalue weighted by Crippen LogP contribution is 2.23. The quantitative estimate of drug-likeness (QED) is 0.861. The van der Waals surface area contributed by atoms with Gasteiger partial charge in [-0.15, -0.1) is 0 Å². The van der Waals surface area contributed by atoms with Gasteiger partial charge in [-0.1, -0.05) is 37.5 Å². The molecule has 1 saturated carbocycles. The van der Waals surface area contributed by atoms with Crippen LogP contribution in [-0.2, 0) is 11.2 Å². The van der Waals surface area contributed by atoms with E-state index in [9.17, 15) is 9.59 Å². The number of nitrogens with one attached hydrogen (secondary N) is 1. The summed E-state index contributed by atoms with van der Waals surface area (Å²) in [7, 11) is 4.06. The lowest BCUT2D eigenvalue weighted by Crippen LogP contribution is -2.45. The minimum atomic E-state index is -0.214. The Balaban J connectivity index is 1.83. The van der Waals surface area contributed by atoms with Crippen molar-refractivity contribution >= 4 is 16.7 Å². The third kappa shape index (κ3) is 4.30. The van der Waals surface area contributed by atoms with E-state index in [4.69, 9.17) is 0 Å². The largest absolute Gasteiger partial charge is 0.338 e. The molecule has 1 aliphatic rings. The first-order valence-electron chi connectivity index (χ1n) is 9.47. The van der Waals surface area contributed by atoms with Crippen LogP contribution < -0.4 is 5.56 Å². The summed E-state index contributed by atoms with van der Waals surface area (Å²) >= 11 is 0. The molecule has 3 rings (SSSR count). The van der Waals surface area contributed by atoms with Gasteiger partial charge in [0.15, 0.2) is 0 Å². The number of carbonyl (C=O) groups excluding carboxylic acids is 1. The molecule has 1 heterocycles. The van der Waals surface area contributed by atoms with Crippen LogP contribution in [0.15, 0.2) is 29.1 Å². The summed E-state index contributed by atoms with van der Waals surface area (Å²) in [5, 5.41) is 8.06. The van der Waals surface area contributed by atoms with Crippen molar-refractivity contribution in [3.8, 4) is 0 Å². The molecule has 1 amide bonds. The van der Waals surface area contributed by atoms with E-state index in [0.29, 0.717) is 17.1 Å². The van der Waals surface area contributed by atoms with Crippen LogP contribution in [0.1, 0.15) is 37.8 Å². The van der Waals surface area contributed by atoms with Crippen LogP contribution >= 0.6 is 0 Å². The number of amides is 1.